The first-order valence-corrected chi connectivity index (χ1v) is 6.22. The van der Waals surface area contributed by atoms with Crippen LogP contribution in [0.1, 0.15) is 18.4 Å². The minimum Gasteiger partial charge on any atom is -0.326 e. The first kappa shape index (κ1) is 12.1. The number of carbonyl (C=O) groups is 1. The Morgan fingerprint density at radius 3 is 2.88 bits per heavy atom. The molecule has 1 aliphatic rings. The van der Waals surface area contributed by atoms with Gasteiger partial charge in [-0.1, -0.05) is 18.2 Å². The number of anilines is 1. The van der Waals surface area contributed by atoms with Gasteiger partial charge in [-0.25, -0.2) is 0 Å². The van der Waals surface area contributed by atoms with Gasteiger partial charge in [-0.15, -0.1) is 0 Å². The number of hydrogen-bond acceptors (Lipinski definition) is 2. The Bertz CT molecular complexity index is 403. The van der Waals surface area contributed by atoms with Gasteiger partial charge < -0.3 is 10.2 Å². The Balaban J connectivity index is 1.99. The van der Waals surface area contributed by atoms with Crippen LogP contribution >= 0.6 is 0 Å². The molecule has 3 nitrogen and oxygen atoms in total. The summed E-state index contributed by atoms with van der Waals surface area (Å²) in [6, 6.07) is 7.91. The van der Waals surface area contributed by atoms with Crippen LogP contribution in [0, 0.1) is 12.8 Å². The molecule has 1 aliphatic heterocycles. The zero-order valence-electron chi connectivity index (χ0n) is 10.6. The first-order valence-electron chi connectivity index (χ1n) is 6.22. The number of para-hydroxylation sites is 1. The lowest BCUT2D eigenvalue weighted by molar-refractivity contribution is -0.121. The molecule has 0 aliphatic carbocycles. The summed E-state index contributed by atoms with van der Waals surface area (Å²) in [7, 11) is 2.08. The summed E-state index contributed by atoms with van der Waals surface area (Å²) in [6.45, 7) is 3.99. The van der Waals surface area contributed by atoms with Crippen molar-refractivity contribution in [3.63, 3.8) is 0 Å². The summed E-state index contributed by atoms with van der Waals surface area (Å²) in [5, 5.41) is 3.03. The molecular formula is C14H20N2O. The lowest BCUT2D eigenvalue weighted by Gasteiger charge is -2.28. The molecule has 1 atom stereocenters. The van der Waals surface area contributed by atoms with Crippen LogP contribution in [0.25, 0.3) is 0 Å². The molecule has 1 N–H and O–H groups in total. The molecule has 0 radical (unpaired) electrons. The van der Waals surface area contributed by atoms with Gasteiger partial charge >= 0.3 is 0 Å². The van der Waals surface area contributed by atoms with E-state index < -0.39 is 0 Å². The molecule has 1 unspecified atom stereocenters. The smallest absolute Gasteiger partial charge is 0.228 e. The molecular weight excluding hydrogens is 212 g/mol. The molecule has 1 saturated heterocycles. The zero-order valence-corrected chi connectivity index (χ0v) is 10.6. The SMILES string of the molecule is Cc1ccccc1NC(=O)C1CCCN(C)C1. The number of hydrogen-bond donors (Lipinski definition) is 1. The Labute approximate surface area is 103 Å². The van der Waals surface area contributed by atoms with E-state index in [4.69, 9.17) is 0 Å². The second-order valence-electron chi connectivity index (χ2n) is 4.91. The van der Waals surface area contributed by atoms with Crippen molar-refractivity contribution in [1.29, 1.82) is 0 Å². The highest BCUT2D eigenvalue weighted by atomic mass is 16.1. The summed E-state index contributed by atoms with van der Waals surface area (Å²) < 4.78 is 0. The first-order chi connectivity index (χ1) is 8.16. The number of aryl methyl sites for hydroxylation is 1. The van der Waals surface area contributed by atoms with Crippen LogP contribution in [0.15, 0.2) is 24.3 Å². The normalized spacial score (nSPS) is 21.2. The van der Waals surface area contributed by atoms with E-state index in [-0.39, 0.29) is 11.8 Å². The molecule has 1 amide bonds. The van der Waals surface area contributed by atoms with Crippen molar-refractivity contribution < 1.29 is 4.79 Å². The molecule has 1 aromatic carbocycles. The van der Waals surface area contributed by atoms with Gasteiger partial charge in [-0.3, -0.25) is 4.79 Å². The van der Waals surface area contributed by atoms with E-state index in [0.29, 0.717) is 0 Å². The molecule has 0 spiro atoms. The highest BCUT2D eigenvalue weighted by Crippen LogP contribution is 2.19. The van der Waals surface area contributed by atoms with Crippen LogP contribution in [0.4, 0.5) is 5.69 Å². The highest BCUT2D eigenvalue weighted by Gasteiger charge is 2.23. The van der Waals surface area contributed by atoms with E-state index in [1.807, 2.05) is 31.2 Å². The Kier molecular flexibility index (Phi) is 3.79. The van der Waals surface area contributed by atoms with E-state index in [9.17, 15) is 4.79 Å². The van der Waals surface area contributed by atoms with Crippen LogP contribution in [-0.4, -0.2) is 30.9 Å². The Hall–Kier alpha value is -1.35. The maximum atomic E-state index is 12.1. The third kappa shape index (κ3) is 3.07. The Morgan fingerprint density at radius 1 is 1.41 bits per heavy atom. The Morgan fingerprint density at radius 2 is 2.18 bits per heavy atom. The quantitative estimate of drug-likeness (QED) is 0.848. The highest BCUT2D eigenvalue weighted by molar-refractivity contribution is 5.93. The van der Waals surface area contributed by atoms with Crippen molar-refractivity contribution in [2.24, 2.45) is 5.92 Å². The number of nitrogens with one attached hydrogen (secondary N) is 1. The fraction of sp³-hybridized carbons (Fsp3) is 0.500. The molecule has 2 rings (SSSR count). The molecule has 1 heterocycles. The summed E-state index contributed by atoms with van der Waals surface area (Å²) in [6.07, 6.45) is 2.12. The minimum atomic E-state index is 0.133. The lowest BCUT2D eigenvalue weighted by atomic mass is 9.97. The van der Waals surface area contributed by atoms with Gasteiger partial charge in [0, 0.05) is 12.2 Å². The molecule has 1 aromatic rings. The topological polar surface area (TPSA) is 32.3 Å². The second-order valence-corrected chi connectivity index (χ2v) is 4.91. The van der Waals surface area contributed by atoms with Gasteiger partial charge in [0.1, 0.15) is 0 Å². The van der Waals surface area contributed by atoms with Gasteiger partial charge in [0.15, 0.2) is 0 Å². The molecule has 1 fully saturated rings. The molecule has 17 heavy (non-hydrogen) atoms. The summed E-state index contributed by atoms with van der Waals surface area (Å²) in [5.74, 6) is 0.291. The fourth-order valence-corrected chi connectivity index (χ4v) is 2.33. The molecule has 0 bridgehead atoms. The van der Waals surface area contributed by atoms with Crippen molar-refractivity contribution in [3.8, 4) is 0 Å². The van der Waals surface area contributed by atoms with Crippen LogP contribution < -0.4 is 5.32 Å². The van der Waals surface area contributed by atoms with E-state index in [1.54, 1.807) is 0 Å². The van der Waals surface area contributed by atoms with Crippen molar-refractivity contribution in [3.05, 3.63) is 29.8 Å². The zero-order chi connectivity index (χ0) is 12.3. The van der Waals surface area contributed by atoms with E-state index in [0.717, 1.165) is 37.2 Å². The van der Waals surface area contributed by atoms with Crippen LogP contribution in [-0.2, 0) is 4.79 Å². The average molecular weight is 232 g/mol. The number of likely N-dealkylation sites (tertiary alicyclic amines) is 1. The van der Waals surface area contributed by atoms with Gasteiger partial charge in [0.2, 0.25) is 5.91 Å². The number of nitrogens with zero attached hydrogens (tertiary/aromatic N) is 1. The van der Waals surface area contributed by atoms with Crippen LogP contribution in [0.5, 0.6) is 0 Å². The number of benzene rings is 1. The van der Waals surface area contributed by atoms with Crippen molar-refractivity contribution >= 4 is 11.6 Å². The maximum Gasteiger partial charge on any atom is 0.228 e. The molecule has 3 heteroatoms. The molecule has 0 aromatic heterocycles. The predicted octanol–water partition coefficient (Wildman–Crippen LogP) is 2.28. The minimum absolute atomic E-state index is 0.133. The number of amides is 1. The van der Waals surface area contributed by atoms with Crippen molar-refractivity contribution in [2.45, 2.75) is 19.8 Å². The van der Waals surface area contributed by atoms with Gasteiger partial charge in [-0.05, 0) is 45.0 Å². The average Bonchev–Trinajstić information content (AvgIpc) is 2.32. The van der Waals surface area contributed by atoms with Gasteiger partial charge in [0.25, 0.3) is 0 Å². The van der Waals surface area contributed by atoms with Crippen molar-refractivity contribution in [1.82, 2.24) is 4.90 Å². The van der Waals surface area contributed by atoms with E-state index >= 15 is 0 Å². The summed E-state index contributed by atoms with van der Waals surface area (Å²) in [5.41, 5.74) is 2.05. The standard InChI is InChI=1S/C14H20N2O/c1-11-6-3-4-8-13(11)15-14(17)12-7-5-9-16(2)10-12/h3-4,6,8,12H,5,7,9-10H2,1-2H3,(H,15,17). The number of rotatable bonds is 2. The third-order valence-corrected chi connectivity index (χ3v) is 3.40. The van der Waals surface area contributed by atoms with Gasteiger partial charge in [0.05, 0.1) is 5.92 Å². The fourth-order valence-electron chi connectivity index (χ4n) is 2.33. The predicted molar refractivity (Wildman–Crippen MR) is 70.0 cm³/mol. The van der Waals surface area contributed by atoms with Gasteiger partial charge in [-0.2, -0.15) is 0 Å². The maximum absolute atomic E-state index is 12.1. The number of carbonyl (C=O) groups excluding carboxylic acids is 1. The van der Waals surface area contributed by atoms with Crippen LogP contribution in [0.2, 0.25) is 0 Å². The number of piperidine rings is 1. The second kappa shape index (κ2) is 5.32. The van der Waals surface area contributed by atoms with E-state index in [1.165, 1.54) is 0 Å². The lowest BCUT2D eigenvalue weighted by Crippen LogP contribution is -2.38. The van der Waals surface area contributed by atoms with Crippen molar-refractivity contribution in [2.75, 3.05) is 25.5 Å². The van der Waals surface area contributed by atoms with Crippen LogP contribution in [0.3, 0.4) is 0 Å². The van der Waals surface area contributed by atoms with E-state index in [2.05, 4.69) is 17.3 Å². The molecule has 0 saturated carbocycles. The largest absolute Gasteiger partial charge is 0.326 e. The molecule has 92 valence electrons. The monoisotopic (exact) mass is 232 g/mol. The summed E-state index contributed by atoms with van der Waals surface area (Å²) >= 11 is 0. The third-order valence-electron chi connectivity index (χ3n) is 3.40. The summed E-state index contributed by atoms with van der Waals surface area (Å²) in [4.78, 5) is 14.4.